The molecule has 104 valence electrons. The molecular formula is C16H9BrFNO2. The van der Waals surface area contributed by atoms with E-state index in [-0.39, 0.29) is 10.2 Å². The molecule has 2 amide bonds. The molecule has 0 saturated heterocycles. The molecule has 0 atom stereocenters. The van der Waals surface area contributed by atoms with Crippen molar-refractivity contribution in [1.29, 1.82) is 0 Å². The van der Waals surface area contributed by atoms with Gasteiger partial charge in [-0.1, -0.05) is 30.3 Å². The molecule has 0 N–H and O–H groups in total. The number of carbonyl (C=O) groups excluding carboxylic acids is 2. The first-order chi connectivity index (χ1) is 10.1. The van der Waals surface area contributed by atoms with Crippen LogP contribution >= 0.6 is 15.9 Å². The molecule has 0 aromatic heterocycles. The number of imide groups is 1. The Bertz CT molecular complexity index is 771. The monoisotopic (exact) mass is 345 g/mol. The molecule has 21 heavy (non-hydrogen) atoms. The first-order valence-electron chi connectivity index (χ1n) is 6.18. The van der Waals surface area contributed by atoms with Gasteiger partial charge in [0.1, 0.15) is 5.82 Å². The molecule has 3 rings (SSSR count). The molecule has 0 spiro atoms. The molecule has 1 heterocycles. The van der Waals surface area contributed by atoms with Crippen molar-refractivity contribution in [3.8, 4) is 0 Å². The summed E-state index contributed by atoms with van der Waals surface area (Å²) >= 11 is 3.04. The predicted molar refractivity (Wildman–Crippen MR) is 81.0 cm³/mol. The van der Waals surface area contributed by atoms with Crippen LogP contribution in [0, 0.1) is 5.82 Å². The highest BCUT2D eigenvalue weighted by Crippen LogP contribution is 2.30. The zero-order chi connectivity index (χ0) is 15.0. The van der Waals surface area contributed by atoms with Crippen molar-refractivity contribution < 1.29 is 14.0 Å². The Morgan fingerprint density at radius 2 is 1.71 bits per heavy atom. The first-order valence-corrected chi connectivity index (χ1v) is 6.98. The van der Waals surface area contributed by atoms with E-state index < -0.39 is 17.6 Å². The van der Waals surface area contributed by atoms with Gasteiger partial charge in [0.25, 0.3) is 11.8 Å². The third-order valence-electron chi connectivity index (χ3n) is 3.17. The van der Waals surface area contributed by atoms with E-state index in [1.54, 1.807) is 24.3 Å². The minimum atomic E-state index is -0.527. The molecule has 5 heteroatoms. The summed E-state index contributed by atoms with van der Waals surface area (Å²) in [5.41, 5.74) is 1.19. The Morgan fingerprint density at radius 3 is 2.38 bits per heavy atom. The molecule has 0 unspecified atom stereocenters. The fourth-order valence-electron chi connectivity index (χ4n) is 2.16. The molecule has 0 bridgehead atoms. The highest BCUT2D eigenvalue weighted by Gasteiger charge is 2.33. The Labute approximate surface area is 128 Å². The standard InChI is InChI=1S/C16H9BrFNO2/c17-13-7-6-11(8-14(13)18)19-15(20)9-12(16(19)21)10-4-2-1-3-5-10/h1-9H. The van der Waals surface area contributed by atoms with Gasteiger partial charge in [-0.15, -0.1) is 0 Å². The maximum atomic E-state index is 13.6. The van der Waals surface area contributed by atoms with Crippen LogP contribution in [0.4, 0.5) is 10.1 Å². The number of carbonyl (C=O) groups is 2. The zero-order valence-electron chi connectivity index (χ0n) is 10.7. The van der Waals surface area contributed by atoms with Crippen molar-refractivity contribution in [2.75, 3.05) is 4.90 Å². The normalized spacial score (nSPS) is 14.6. The predicted octanol–water partition coefficient (Wildman–Crippen LogP) is 3.55. The topological polar surface area (TPSA) is 37.4 Å². The van der Waals surface area contributed by atoms with Crippen LogP contribution in [0.3, 0.4) is 0 Å². The average Bonchev–Trinajstić information content (AvgIpc) is 2.78. The van der Waals surface area contributed by atoms with Gasteiger partial charge in [0.2, 0.25) is 0 Å². The summed E-state index contributed by atoms with van der Waals surface area (Å²) in [6.07, 6.45) is 1.28. The SMILES string of the molecule is O=C1C=C(c2ccccc2)C(=O)N1c1ccc(Br)c(F)c1. The van der Waals surface area contributed by atoms with E-state index in [4.69, 9.17) is 0 Å². The van der Waals surface area contributed by atoms with Gasteiger partial charge in [-0.25, -0.2) is 9.29 Å². The lowest BCUT2D eigenvalue weighted by atomic mass is 10.1. The van der Waals surface area contributed by atoms with E-state index in [9.17, 15) is 14.0 Å². The lowest BCUT2D eigenvalue weighted by Gasteiger charge is -2.15. The van der Waals surface area contributed by atoms with Crippen LogP contribution in [0.2, 0.25) is 0 Å². The molecule has 2 aromatic carbocycles. The molecule has 1 aliphatic rings. The number of amides is 2. The second-order valence-corrected chi connectivity index (χ2v) is 5.36. The molecule has 0 aliphatic carbocycles. The van der Waals surface area contributed by atoms with Crippen molar-refractivity contribution in [2.45, 2.75) is 0 Å². The van der Waals surface area contributed by atoms with Crippen LogP contribution in [0.5, 0.6) is 0 Å². The van der Waals surface area contributed by atoms with Crippen LogP contribution in [-0.4, -0.2) is 11.8 Å². The lowest BCUT2D eigenvalue weighted by Crippen LogP contribution is -2.30. The number of halogens is 2. The van der Waals surface area contributed by atoms with Crippen molar-refractivity contribution in [2.24, 2.45) is 0 Å². The quantitative estimate of drug-likeness (QED) is 0.780. The Balaban J connectivity index is 1.99. The van der Waals surface area contributed by atoms with E-state index in [2.05, 4.69) is 15.9 Å². The summed E-state index contributed by atoms with van der Waals surface area (Å²) in [5, 5.41) is 0. The van der Waals surface area contributed by atoms with Crippen molar-refractivity contribution in [3.63, 3.8) is 0 Å². The minimum Gasteiger partial charge on any atom is -0.269 e. The number of benzene rings is 2. The largest absolute Gasteiger partial charge is 0.269 e. The number of anilines is 1. The molecule has 0 radical (unpaired) electrons. The van der Waals surface area contributed by atoms with Crippen molar-refractivity contribution in [3.05, 3.63) is 70.5 Å². The van der Waals surface area contributed by atoms with Gasteiger partial charge in [0, 0.05) is 6.08 Å². The average molecular weight is 346 g/mol. The molecule has 1 aliphatic heterocycles. The number of rotatable bonds is 2. The van der Waals surface area contributed by atoms with Crippen LogP contribution < -0.4 is 4.90 Å². The fourth-order valence-corrected chi connectivity index (χ4v) is 2.41. The fraction of sp³-hybridized carbons (Fsp3) is 0. The van der Waals surface area contributed by atoms with Crippen LogP contribution in [0.15, 0.2) is 59.1 Å². The van der Waals surface area contributed by atoms with Gasteiger partial charge in [-0.05, 0) is 39.7 Å². The molecule has 0 saturated carbocycles. The Hall–Kier alpha value is -2.27. The van der Waals surface area contributed by atoms with Crippen LogP contribution in [0.25, 0.3) is 5.57 Å². The summed E-state index contributed by atoms with van der Waals surface area (Å²) in [7, 11) is 0. The van der Waals surface area contributed by atoms with Crippen LogP contribution in [0.1, 0.15) is 5.56 Å². The van der Waals surface area contributed by atoms with Crippen molar-refractivity contribution >= 4 is 39.0 Å². The third kappa shape index (κ3) is 2.40. The van der Waals surface area contributed by atoms with E-state index in [0.29, 0.717) is 11.1 Å². The number of nitrogens with zero attached hydrogens (tertiary/aromatic N) is 1. The van der Waals surface area contributed by atoms with E-state index in [1.807, 2.05) is 6.07 Å². The maximum Gasteiger partial charge on any atom is 0.266 e. The van der Waals surface area contributed by atoms with Gasteiger partial charge in [-0.2, -0.15) is 0 Å². The smallest absolute Gasteiger partial charge is 0.266 e. The van der Waals surface area contributed by atoms with Gasteiger partial charge < -0.3 is 0 Å². The third-order valence-corrected chi connectivity index (χ3v) is 3.81. The van der Waals surface area contributed by atoms with Gasteiger partial charge >= 0.3 is 0 Å². The highest BCUT2D eigenvalue weighted by molar-refractivity contribution is 9.10. The summed E-state index contributed by atoms with van der Waals surface area (Å²) in [4.78, 5) is 25.4. The minimum absolute atomic E-state index is 0.216. The van der Waals surface area contributed by atoms with Crippen LogP contribution in [-0.2, 0) is 9.59 Å². The summed E-state index contributed by atoms with van der Waals surface area (Å²) in [6.45, 7) is 0. The second kappa shape index (κ2) is 5.26. The molecule has 3 nitrogen and oxygen atoms in total. The molecule has 2 aromatic rings. The zero-order valence-corrected chi connectivity index (χ0v) is 12.3. The Morgan fingerprint density at radius 1 is 1.00 bits per heavy atom. The summed E-state index contributed by atoms with van der Waals surface area (Å²) in [6, 6.07) is 13.0. The van der Waals surface area contributed by atoms with E-state index >= 15 is 0 Å². The van der Waals surface area contributed by atoms with Gasteiger partial charge in [-0.3, -0.25) is 9.59 Å². The van der Waals surface area contributed by atoms with Gasteiger partial charge in [0.15, 0.2) is 0 Å². The maximum absolute atomic E-state index is 13.6. The lowest BCUT2D eigenvalue weighted by molar-refractivity contribution is -0.119. The summed E-state index contributed by atoms with van der Waals surface area (Å²) in [5.74, 6) is -1.45. The highest BCUT2D eigenvalue weighted by atomic mass is 79.9. The Kier molecular flexibility index (Phi) is 3.43. The van der Waals surface area contributed by atoms with E-state index in [0.717, 1.165) is 11.0 Å². The second-order valence-electron chi connectivity index (χ2n) is 4.50. The van der Waals surface area contributed by atoms with Crippen molar-refractivity contribution in [1.82, 2.24) is 0 Å². The first kappa shape index (κ1) is 13.7. The van der Waals surface area contributed by atoms with E-state index in [1.165, 1.54) is 18.2 Å². The van der Waals surface area contributed by atoms with Gasteiger partial charge in [0.05, 0.1) is 15.7 Å². The molecular weight excluding hydrogens is 337 g/mol. The summed E-state index contributed by atoms with van der Waals surface area (Å²) < 4.78 is 13.9. The number of hydrogen-bond donors (Lipinski definition) is 0. The number of hydrogen-bond acceptors (Lipinski definition) is 2. The molecule has 0 fully saturated rings.